The molecule has 32 heavy (non-hydrogen) atoms. The van der Waals surface area contributed by atoms with Gasteiger partial charge in [0.15, 0.2) is 11.6 Å². The molecule has 0 spiro atoms. The van der Waals surface area contributed by atoms with Gasteiger partial charge in [-0.3, -0.25) is 0 Å². The molecular formula is C24H26ClF2NO3S. The number of rotatable bonds is 4. The minimum absolute atomic E-state index is 0.0314. The third-order valence-electron chi connectivity index (χ3n) is 7.51. The Labute approximate surface area is 192 Å². The number of hydrogen-bond acceptors (Lipinski definition) is 3. The highest BCUT2D eigenvalue weighted by Crippen LogP contribution is 2.54. The number of hydrogen-bond donors (Lipinski definition) is 0. The van der Waals surface area contributed by atoms with Gasteiger partial charge in [0.1, 0.15) is 5.82 Å². The van der Waals surface area contributed by atoms with E-state index in [9.17, 15) is 12.8 Å². The molecule has 0 amide bonds. The summed E-state index contributed by atoms with van der Waals surface area (Å²) >= 11 is 6.05. The summed E-state index contributed by atoms with van der Waals surface area (Å²) in [6.45, 7) is 1.31. The van der Waals surface area contributed by atoms with Crippen LogP contribution < -0.4 is 4.74 Å². The Morgan fingerprint density at radius 1 is 1.06 bits per heavy atom. The lowest BCUT2D eigenvalue weighted by Crippen LogP contribution is -2.52. The summed E-state index contributed by atoms with van der Waals surface area (Å²) in [4.78, 5) is 0. The summed E-state index contributed by atoms with van der Waals surface area (Å²) in [5.41, 5.74) is 0.474. The topological polar surface area (TPSA) is 46.6 Å². The molecule has 2 fully saturated rings. The number of fused-ring (bicyclic) bond motifs is 3. The average Bonchev–Trinajstić information content (AvgIpc) is 3.33. The highest BCUT2D eigenvalue weighted by Gasteiger charge is 2.53. The third kappa shape index (κ3) is 3.62. The van der Waals surface area contributed by atoms with E-state index < -0.39 is 32.3 Å². The van der Waals surface area contributed by atoms with Crippen molar-refractivity contribution < 1.29 is 21.9 Å². The number of benzene rings is 2. The fourth-order valence-electron chi connectivity index (χ4n) is 5.87. The van der Waals surface area contributed by atoms with Gasteiger partial charge in [-0.25, -0.2) is 21.5 Å². The largest absolute Gasteiger partial charge is 0.490 e. The molecule has 0 aromatic heterocycles. The molecule has 0 radical (unpaired) electrons. The van der Waals surface area contributed by atoms with Gasteiger partial charge in [-0.2, -0.15) is 0 Å². The van der Waals surface area contributed by atoms with Gasteiger partial charge in [0.05, 0.1) is 11.9 Å². The molecule has 2 heterocycles. The van der Waals surface area contributed by atoms with Gasteiger partial charge < -0.3 is 4.74 Å². The van der Waals surface area contributed by atoms with E-state index in [0.717, 1.165) is 30.5 Å². The third-order valence-corrected chi connectivity index (χ3v) is 10.1. The second-order valence-corrected chi connectivity index (χ2v) is 11.9. The van der Waals surface area contributed by atoms with Crippen LogP contribution in [-0.2, 0) is 21.9 Å². The molecule has 4 nitrogen and oxygen atoms in total. The minimum atomic E-state index is -3.42. The van der Waals surface area contributed by atoms with Crippen molar-refractivity contribution in [1.29, 1.82) is 0 Å². The lowest BCUT2D eigenvalue weighted by Gasteiger charge is -2.50. The van der Waals surface area contributed by atoms with Crippen LogP contribution in [0.4, 0.5) is 8.78 Å². The zero-order chi connectivity index (χ0) is 22.5. The van der Waals surface area contributed by atoms with Gasteiger partial charge in [0, 0.05) is 35.0 Å². The first-order chi connectivity index (χ1) is 15.3. The van der Waals surface area contributed by atoms with Crippen LogP contribution in [0.15, 0.2) is 36.4 Å². The fraction of sp³-hybridized carbons (Fsp3) is 0.500. The predicted molar refractivity (Wildman–Crippen MR) is 120 cm³/mol. The maximum atomic E-state index is 15.2. The number of halogens is 3. The summed E-state index contributed by atoms with van der Waals surface area (Å²) in [6.07, 6.45) is 3.49. The average molecular weight is 482 g/mol. The molecule has 172 valence electrons. The van der Waals surface area contributed by atoms with E-state index in [-0.39, 0.29) is 23.8 Å². The van der Waals surface area contributed by atoms with Crippen molar-refractivity contribution in [3.05, 3.63) is 64.2 Å². The van der Waals surface area contributed by atoms with E-state index >= 15 is 4.39 Å². The van der Waals surface area contributed by atoms with Gasteiger partial charge in [0.25, 0.3) is 0 Å². The number of nitrogens with zero attached hydrogens (tertiary/aromatic N) is 1. The van der Waals surface area contributed by atoms with Crippen LogP contribution in [0.3, 0.4) is 0 Å². The van der Waals surface area contributed by atoms with Gasteiger partial charge >= 0.3 is 0 Å². The molecule has 0 N–H and O–H groups in total. The molecule has 3 aliphatic rings. The summed E-state index contributed by atoms with van der Waals surface area (Å²) in [5, 5.41) is 0.0820. The Kier molecular flexibility index (Phi) is 5.71. The lowest BCUT2D eigenvalue weighted by molar-refractivity contribution is 0.0790. The molecule has 8 heteroatoms. The second kappa shape index (κ2) is 8.26. The number of ether oxygens (including phenoxy) is 1. The zero-order valence-corrected chi connectivity index (χ0v) is 19.3. The van der Waals surface area contributed by atoms with Crippen LogP contribution in [0.2, 0.25) is 5.02 Å². The first-order valence-electron chi connectivity index (χ1n) is 11.2. The van der Waals surface area contributed by atoms with Crippen molar-refractivity contribution in [3.8, 4) is 5.75 Å². The Morgan fingerprint density at radius 3 is 2.47 bits per heavy atom. The quantitative estimate of drug-likeness (QED) is 0.611. The van der Waals surface area contributed by atoms with E-state index in [1.165, 1.54) is 0 Å². The Hall–Kier alpha value is -1.70. The van der Waals surface area contributed by atoms with Crippen molar-refractivity contribution in [2.24, 2.45) is 5.92 Å². The fourth-order valence-corrected chi connectivity index (χ4v) is 8.08. The lowest BCUT2D eigenvalue weighted by atomic mass is 9.58. The smallest absolute Gasteiger partial charge is 0.216 e. The Morgan fingerprint density at radius 2 is 1.75 bits per heavy atom. The molecule has 5 rings (SSSR count). The first kappa shape index (κ1) is 22.1. The van der Waals surface area contributed by atoms with E-state index in [1.807, 2.05) is 12.1 Å². The molecule has 0 bridgehead atoms. The van der Waals surface area contributed by atoms with Gasteiger partial charge in [-0.1, -0.05) is 23.7 Å². The highest BCUT2D eigenvalue weighted by molar-refractivity contribution is 7.89. The molecule has 2 aromatic carbocycles. The van der Waals surface area contributed by atoms with Crippen molar-refractivity contribution in [1.82, 2.24) is 4.31 Å². The molecule has 2 aromatic rings. The Balaban J connectivity index is 1.55. The van der Waals surface area contributed by atoms with Crippen LogP contribution in [0, 0.1) is 17.6 Å². The molecular weight excluding hydrogens is 456 g/mol. The molecule has 1 saturated heterocycles. The van der Waals surface area contributed by atoms with Crippen LogP contribution >= 0.6 is 11.6 Å². The monoisotopic (exact) mass is 481 g/mol. The van der Waals surface area contributed by atoms with Crippen molar-refractivity contribution in [2.45, 2.75) is 49.2 Å². The van der Waals surface area contributed by atoms with Gasteiger partial charge in [0.2, 0.25) is 10.0 Å². The molecule has 2 aliphatic heterocycles. The van der Waals surface area contributed by atoms with Gasteiger partial charge in [-0.15, -0.1) is 0 Å². The van der Waals surface area contributed by atoms with Crippen LogP contribution in [-0.4, -0.2) is 37.7 Å². The van der Waals surface area contributed by atoms with E-state index in [0.29, 0.717) is 43.8 Å². The first-order valence-corrected chi connectivity index (χ1v) is 13.0. The zero-order valence-electron chi connectivity index (χ0n) is 17.7. The van der Waals surface area contributed by atoms with E-state index in [1.54, 1.807) is 16.4 Å². The minimum Gasteiger partial charge on any atom is -0.490 e. The summed E-state index contributed by atoms with van der Waals surface area (Å²) < 4.78 is 63.7. The normalized spacial score (nSPS) is 28.1. The van der Waals surface area contributed by atoms with Crippen LogP contribution in [0.1, 0.15) is 43.2 Å². The second-order valence-electron chi connectivity index (χ2n) is 9.25. The van der Waals surface area contributed by atoms with E-state index in [4.69, 9.17) is 16.3 Å². The predicted octanol–water partition coefficient (Wildman–Crippen LogP) is 5.09. The summed E-state index contributed by atoms with van der Waals surface area (Å²) in [6, 6.07) is 9.61. The van der Waals surface area contributed by atoms with Crippen molar-refractivity contribution in [3.63, 3.8) is 0 Å². The van der Waals surface area contributed by atoms with Crippen molar-refractivity contribution >= 4 is 21.6 Å². The maximum absolute atomic E-state index is 15.2. The van der Waals surface area contributed by atoms with Gasteiger partial charge in [-0.05, 0) is 68.4 Å². The van der Waals surface area contributed by atoms with Crippen molar-refractivity contribution in [2.75, 3.05) is 19.7 Å². The standard InChI is InChI=1S/C24H26ClF2NO3S/c25-18-5-3-16(4-6-18)14-24-10-9-19(32(29,30)28-11-1-2-12-28)13-17(24)15-31-23-21(27)8-7-20(26)22(23)24/h3-8,17,19H,1-2,9-15H2/t17-,19-,24+/m1/s1. The molecule has 3 atom stereocenters. The van der Waals surface area contributed by atoms with Crippen LogP contribution in [0.5, 0.6) is 5.75 Å². The Bertz CT molecular complexity index is 1120. The van der Waals surface area contributed by atoms with Crippen LogP contribution in [0.25, 0.3) is 0 Å². The van der Waals surface area contributed by atoms with E-state index in [2.05, 4.69) is 0 Å². The summed E-state index contributed by atoms with van der Waals surface area (Å²) in [7, 11) is -3.42. The highest BCUT2D eigenvalue weighted by atomic mass is 35.5. The molecule has 1 saturated carbocycles. The summed E-state index contributed by atoms with van der Waals surface area (Å²) in [5.74, 6) is -1.35. The number of sulfonamides is 1. The SMILES string of the molecule is O=S(=O)([C@@H]1CC[C@@]2(Cc3ccc(Cl)cc3)c3c(F)ccc(F)c3OC[C@H]2C1)N1CCCC1. The maximum Gasteiger partial charge on any atom is 0.216 e. The molecule has 1 aliphatic carbocycles. The molecule has 0 unspecified atom stereocenters.